The molecule has 0 radical (unpaired) electrons. The van der Waals surface area contributed by atoms with Crippen molar-refractivity contribution < 1.29 is 44.5 Å². The van der Waals surface area contributed by atoms with Crippen molar-refractivity contribution in [2.75, 3.05) is 26.8 Å². The first-order chi connectivity index (χ1) is 14.8. The van der Waals surface area contributed by atoms with Gasteiger partial charge in [-0.25, -0.2) is 4.79 Å². The zero-order chi connectivity index (χ0) is 22.9. The quantitative estimate of drug-likeness (QED) is 0.359. The standard InChI is InChI=1S/C21H31NO9/c1-4-6-22(7-5-2)8-10-12-13(16(26)19(29-3)14(10)24)18-20(31-21(12)28)17(27)15(25)11(9-23)30-18/h11,15,17-18,20,23-27H,4-9H2,1-3H3. The van der Waals surface area contributed by atoms with Gasteiger partial charge in [0.15, 0.2) is 17.6 Å². The third-order valence-electron chi connectivity index (χ3n) is 5.81. The Morgan fingerprint density at radius 3 is 2.26 bits per heavy atom. The molecule has 1 aromatic carbocycles. The average Bonchev–Trinajstić information content (AvgIpc) is 2.74. The van der Waals surface area contributed by atoms with E-state index < -0.39 is 48.8 Å². The van der Waals surface area contributed by atoms with E-state index in [2.05, 4.69) is 4.90 Å². The number of carbonyl (C=O) groups is 1. The van der Waals surface area contributed by atoms with E-state index >= 15 is 0 Å². The zero-order valence-corrected chi connectivity index (χ0v) is 17.9. The number of fused-ring (bicyclic) bond motifs is 3. The van der Waals surface area contributed by atoms with Crippen molar-refractivity contribution in [2.45, 2.75) is 63.8 Å². The second kappa shape index (κ2) is 9.58. The van der Waals surface area contributed by atoms with Crippen LogP contribution in [0.25, 0.3) is 0 Å². The van der Waals surface area contributed by atoms with Gasteiger partial charge < -0.3 is 39.7 Å². The van der Waals surface area contributed by atoms with Crippen molar-refractivity contribution in [1.29, 1.82) is 0 Å². The minimum atomic E-state index is -1.53. The minimum Gasteiger partial charge on any atom is -0.504 e. The van der Waals surface area contributed by atoms with Crippen LogP contribution in [0.4, 0.5) is 0 Å². The summed E-state index contributed by atoms with van der Waals surface area (Å²) in [5.74, 6) is -1.96. The number of aliphatic hydroxyl groups excluding tert-OH is 3. The SMILES string of the molecule is CCCN(CCC)Cc1c(O)c(OC)c(O)c2c1C(=O)OC1C2OC(CO)C(O)C1O. The van der Waals surface area contributed by atoms with E-state index in [9.17, 15) is 30.3 Å². The van der Waals surface area contributed by atoms with Crippen LogP contribution in [0.5, 0.6) is 17.2 Å². The number of phenols is 2. The number of aliphatic hydroxyl groups is 3. The number of rotatable bonds is 8. The minimum absolute atomic E-state index is 0.00301. The van der Waals surface area contributed by atoms with Crippen LogP contribution < -0.4 is 4.74 Å². The van der Waals surface area contributed by atoms with Gasteiger partial charge >= 0.3 is 5.97 Å². The van der Waals surface area contributed by atoms with Crippen molar-refractivity contribution in [2.24, 2.45) is 0 Å². The lowest BCUT2D eigenvalue weighted by Gasteiger charge is -2.45. The van der Waals surface area contributed by atoms with Crippen LogP contribution >= 0.6 is 0 Å². The van der Waals surface area contributed by atoms with Crippen LogP contribution in [0, 0.1) is 0 Å². The number of nitrogens with zero attached hydrogens (tertiary/aromatic N) is 1. The summed E-state index contributed by atoms with van der Waals surface area (Å²) in [6.07, 6.45) is -4.91. The lowest BCUT2D eigenvalue weighted by molar-refractivity contribution is -0.235. The molecule has 10 nitrogen and oxygen atoms in total. The number of carbonyl (C=O) groups excluding carboxylic acids is 1. The maximum atomic E-state index is 13.0. The Kier molecular flexibility index (Phi) is 7.28. The molecule has 1 fully saturated rings. The lowest BCUT2D eigenvalue weighted by Crippen LogP contribution is -2.58. The summed E-state index contributed by atoms with van der Waals surface area (Å²) in [7, 11) is 1.27. The van der Waals surface area contributed by atoms with E-state index in [1.54, 1.807) is 0 Å². The van der Waals surface area contributed by atoms with Crippen LogP contribution in [-0.2, 0) is 16.0 Å². The number of phenolic OH excluding ortho intramolecular Hbond substituents is 2. The Morgan fingerprint density at radius 2 is 1.71 bits per heavy atom. The van der Waals surface area contributed by atoms with E-state index in [1.807, 2.05) is 13.8 Å². The highest BCUT2D eigenvalue weighted by Gasteiger charge is 2.53. The monoisotopic (exact) mass is 441 g/mol. The fraction of sp³-hybridized carbons (Fsp3) is 0.667. The first kappa shape index (κ1) is 23.6. The number of ether oxygens (including phenoxy) is 3. The van der Waals surface area contributed by atoms with Gasteiger partial charge in [-0.3, -0.25) is 4.90 Å². The Morgan fingerprint density at radius 1 is 1.06 bits per heavy atom. The average molecular weight is 441 g/mol. The Labute approximate surface area is 180 Å². The zero-order valence-electron chi connectivity index (χ0n) is 17.9. The van der Waals surface area contributed by atoms with Crippen molar-refractivity contribution in [1.82, 2.24) is 4.90 Å². The molecule has 2 aliphatic heterocycles. The van der Waals surface area contributed by atoms with E-state index in [0.717, 1.165) is 25.9 Å². The molecule has 5 unspecified atom stereocenters. The number of benzene rings is 1. The van der Waals surface area contributed by atoms with Gasteiger partial charge in [-0.2, -0.15) is 0 Å². The van der Waals surface area contributed by atoms with Gasteiger partial charge in [0.25, 0.3) is 0 Å². The molecule has 0 aliphatic carbocycles. The highest BCUT2D eigenvalue weighted by molar-refractivity contribution is 5.97. The number of aromatic hydroxyl groups is 2. The molecule has 31 heavy (non-hydrogen) atoms. The highest BCUT2D eigenvalue weighted by atomic mass is 16.6. The van der Waals surface area contributed by atoms with Gasteiger partial charge in [0.1, 0.15) is 24.4 Å². The molecule has 2 heterocycles. The fourth-order valence-corrected chi connectivity index (χ4v) is 4.39. The molecule has 2 aliphatic rings. The van der Waals surface area contributed by atoms with Crippen LogP contribution in [0.3, 0.4) is 0 Å². The van der Waals surface area contributed by atoms with E-state index in [1.165, 1.54) is 7.11 Å². The van der Waals surface area contributed by atoms with Crippen LogP contribution in [0.15, 0.2) is 0 Å². The third kappa shape index (κ3) is 4.06. The molecule has 0 aromatic heterocycles. The van der Waals surface area contributed by atoms with Crippen molar-refractivity contribution in [3.63, 3.8) is 0 Å². The van der Waals surface area contributed by atoms with Gasteiger partial charge in [-0.1, -0.05) is 13.8 Å². The maximum Gasteiger partial charge on any atom is 0.339 e. The summed E-state index contributed by atoms with van der Waals surface area (Å²) >= 11 is 0. The maximum absolute atomic E-state index is 13.0. The third-order valence-corrected chi connectivity index (χ3v) is 5.81. The van der Waals surface area contributed by atoms with Crippen LogP contribution in [0.2, 0.25) is 0 Å². The van der Waals surface area contributed by atoms with E-state index in [0.29, 0.717) is 0 Å². The summed E-state index contributed by atoms with van der Waals surface area (Å²) in [5.41, 5.74) is 0.164. The number of hydrogen-bond acceptors (Lipinski definition) is 10. The lowest BCUT2D eigenvalue weighted by atomic mass is 9.84. The molecule has 0 bridgehead atoms. The number of methoxy groups -OCH3 is 1. The summed E-state index contributed by atoms with van der Waals surface area (Å²) in [5, 5.41) is 51.8. The molecule has 3 rings (SSSR count). The summed E-state index contributed by atoms with van der Waals surface area (Å²) in [6, 6.07) is 0. The molecule has 1 saturated heterocycles. The molecule has 10 heteroatoms. The predicted octanol–water partition coefficient (Wildman–Crippen LogP) is 0.421. The molecular formula is C21H31NO9. The van der Waals surface area contributed by atoms with Gasteiger partial charge in [0, 0.05) is 17.7 Å². The van der Waals surface area contributed by atoms with Gasteiger partial charge in [-0.15, -0.1) is 0 Å². The van der Waals surface area contributed by atoms with Crippen LogP contribution in [-0.4, -0.2) is 87.6 Å². The normalized spacial score (nSPS) is 27.6. The molecule has 1 aromatic rings. The van der Waals surface area contributed by atoms with Crippen LogP contribution in [0.1, 0.15) is 54.3 Å². The largest absolute Gasteiger partial charge is 0.504 e. The fourth-order valence-electron chi connectivity index (χ4n) is 4.39. The molecule has 0 spiro atoms. The van der Waals surface area contributed by atoms with Crippen molar-refractivity contribution >= 4 is 5.97 Å². The van der Waals surface area contributed by atoms with E-state index in [-0.39, 0.29) is 34.7 Å². The van der Waals surface area contributed by atoms with E-state index in [4.69, 9.17) is 14.2 Å². The molecule has 0 amide bonds. The molecule has 0 saturated carbocycles. The molecular weight excluding hydrogens is 410 g/mol. The summed E-state index contributed by atoms with van der Waals surface area (Å²) < 4.78 is 16.3. The summed E-state index contributed by atoms with van der Waals surface area (Å²) in [6.45, 7) is 5.10. The highest BCUT2D eigenvalue weighted by Crippen LogP contribution is 2.52. The molecule has 174 valence electrons. The Hall–Kier alpha value is -2.11. The summed E-state index contributed by atoms with van der Waals surface area (Å²) in [4.78, 5) is 15.0. The first-order valence-electron chi connectivity index (χ1n) is 10.5. The van der Waals surface area contributed by atoms with Crippen molar-refractivity contribution in [3.05, 3.63) is 16.7 Å². The Balaban J connectivity index is 2.18. The van der Waals surface area contributed by atoms with Gasteiger partial charge in [0.2, 0.25) is 5.75 Å². The van der Waals surface area contributed by atoms with Crippen molar-refractivity contribution in [3.8, 4) is 17.2 Å². The Bertz CT molecular complexity index is 809. The molecule has 5 N–H and O–H groups in total. The van der Waals surface area contributed by atoms with Gasteiger partial charge in [-0.05, 0) is 25.9 Å². The second-order valence-corrected chi connectivity index (χ2v) is 7.90. The number of esters is 1. The second-order valence-electron chi connectivity index (χ2n) is 7.90. The first-order valence-corrected chi connectivity index (χ1v) is 10.5. The number of hydrogen-bond donors (Lipinski definition) is 5. The smallest absolute Gasteiger partial charge is 0.339 e. The van der Waals surface area contributed by atoms with Gasteiger partial charge in [0.05, 0.1) is 19.3 Å². The topological polar surface area (TPSA) is 149 Å². The molecule has 5 atom stereocenters. The predicted molar refractivity (Wildman–Crippen MR) is 108 cm³/mol.